The minimum absolute atomic E-state index is 0.0232. The van der Waals surface area contributed by atoms with Crippen molar-refractivity contribution in [1.82, 2.24) is 15.2 Å². The summed E-state index contributed by atoms with van der Waals surface area (Å²) in [7, 11) is 1.55. The topological polar surface area (TPSA) is 123 Å². The first kappa shape index (κ1) is 25.9. The lowest BCUT2D eigenvalue weighted by molar-refractivity contribution is -0.140. The highest BCUT2D eigenvalue weighted by Crippen LogP contribution is 2.43. The maximum Gasteiger partial charge on any atom is 0.433 e. The Balaban J connectivity index is 1.61. The number of primary amides is 1. The lowest BCUT2D eigenvalue weighted by Crippen LogP contribution is -2.17. The Hall–Kier alpha value is -4.71. The second-order valence-electron chi connectivity index (χ2n) is 8.62. The zero-order valence-electron chi connectivity index (χ0n) is 20.5. The van der Waals surface area contributed by atoms with E-state index < -0.39 is 23.7 Å². The number of carbonyl (C=O) groups excluding carboxylic acids is 2. The van der Waals surface area contributed by atoms with Gasteiger partial charge in [-0.25, -0.2) is 4.98 Å². The minimum atomic E-state index is -4.73. The number of aryl methyl sites for hydroxylation is 1. The number of carbonyl (C=O) groups is 2. The van der Waals surface area contributed by atoms with E-state index in [1.165, 1.54) is 6.07 Å². The molecular weight excluding hydrogens is 531 g/mol. The molecule has 5 rings (SSSR count). The molecule has 3 aromatic heterocycles. The second kappa shape index (κ2) is 9.87. The number of aromatic nitrogens is 3. The average Bonchev–Trinajstić information content (AvgIpc) is 3.54. The summed E-state index contributed by atoms with van der Waals surface area (Å²) in [6.07, 6.45) is -4.73. The van der Waals surface area contributed by atoms with Gasteiger partial charge in [0.05, 0.1) is 18.5 Å². The van der Waals surface area contributed by atoms with Gasteiger partial charge in [0, 0.05) is 10.9 Å². The van der Waals surface area contributed by atoms with Crippen LogP contribution in [0.1, 0.15) is 31.4 Å². The van der Waals surface area contributed by atoms with E-state index in [0.29, 0.717) is 28.3 Å². The van der Waals surface area contributed by atoms with E-state index >= 15 is 0 Å². The number of pyridine rings is 1. The summed E-state index contributed by atoms with van der Waals surface area (Å²) in [5.41, 5.74) is 7.18. The monoisotopic (exact) mass is 551 g/mol. The molecule has 198 valence electrons. The van der Waals surface area contributed by atoms with Crippen LogP contribution in [0.5, 0.6) is 5.75 Å². The van der Waals surface area contributed by atoms with Crippen LogP contribution in [0.25, 0.3) is 32.6 Å². The fraction of sp³-hybridized carbons (Fsp3) is 0.111. The molecule has 4 N–H and O–H groups in total. The summed E-state index contributed by atoms with van der Waals surface area (Å²) in [5, 5.41) is 9.65. The van der Waals surface area contributed by atoms with E-state index in [1.54, 1.807) is 55.6 Å². The summed E-state index contributed by atoms with van der Waals surface area (Å²) in [6.45, 7) is 1.85. The number of rotatable bonds is 6. The SMILES string of the molecule is COc1ccc(-c2cc(C(=O)Nc3c(C(N)=O)sc4nc(C(F)(F)F)cc(-c5ccc(C)cc5)c34)[nH]n2)cc1. The number of anilines is 1. The van der Waals surface area contributed by atoms with E-state index in [-0.39, 0.29) is 32.0 Å². The van der Waals surface area contributed by atoms with Crippen LogP contribution >= 0.6 is 11.3 Å². The number of nitrogens with zero attached hydrogens (tertiary/aromatic N) is 2. The Morgan fingerprint density at radius 1 is 1.03 bits per heavy atom. The van der Waals surface area contributed by atoms with Crippen molar-refractivity contribution >= 4 is 39.1 Å². The van der Waals surface area contributed by atoms with Crippen molar-refractivity contribution in [3.8, 4) is 28.1 Å². The Morgan fingerprint density at radius 2 is 1.69 bits per heavy atom. The molecule has 0 fully saturated rings. The summed E-state index contributed by atoms with van der Waals surface area (Å²) >= 11 is 0.679. The number of nitrogens with two attached hydrogens (primary N) is 1. The maximum absolute atomic E-state index is 13.7. The number of hydrogen-bond acceptors (Lipinski definition) is 6. The van der Waals surface area contributed by atoms with Crippen LogP contribution in [0, 0.1) is 6.92 Å². The van der Waals surface area contributed by atoms with Crippen LogP contribution in [-0.2, 0) is 6.18 Å². The molecule has 2 amide bonds. The van der Waals surface area contributed by atoms with Crippen LogP contribution in [0.15, 0.2) is 60.7 Å². The summed E-state index contributed by atoms with van der Waals surface area (Å²) < 4.78 is 46.3. The summed E-state index contributed by atoms with van der Waals surface area (Å²) in [5.74, 6) is -0.929. The predicted octanol–water partition coefficient (Wildman–Crippen LogP) is 6.04. The van der Waals surface area contributed by atoms with Crippen molar-refractivity contribution in [3.63, 3.8) is 0 Å². The van der Waals surface area contributed by atoms with E-state index in [1.807, 2.05) is 6.92 Å². The van der Waals surface area contributed by atoms with E-state index in [0.717, 1.165) is 17.2 Å². The van der Waals surface area contributed by atoms with Gasteiger partial charge in [-0.05, 0) is 54.4 Å². The second-order valence-corrected chi connectivity index (χ2v) is 9.62. The Labute approximate surface area is 223 Å². The number of aromatic amines is 1. The van der Waals surface area contributed by atoms with Gasteiger partial charge in [0.25, 0.3) is 11.8 Å². The fourth-order valence-electron chi connectivity index (χ4n) is 4.03. The number of halogens is 3. The van der Waals surface area contributed by atoms with Gasteiger partial charge in [-0.1, -0.05) is 29.8 Å². The molecular formula is C27H20F3N5O3S. The lowest BCUT2D eigenvalue weighted by Gasteiger charge is -2.12. The van der Waals surface area contributed by atoms with Crippen LogP contribution in [-0.4, -0.2) is 34.1 Å². The van der Waals surface area contributed by atoms with E-state index in [9.17, 15) is 22.8 Å². The first-order valence-corrected chi connectivity index (χ1v) is 12.3. The lowest BCUT2D eigenvalue weighted by atomic mass is 10.00. The van der Waals surface area contributed by atoms with Gasteiger partial charge in [0.15, 0.2) is 0 Å². The normalized spacial score (nSPS) is 11.5. The number of hydrogen-bond donors (Lipinski definition) is 3. The molecule has 0 aliphatic rings. The number of alkyl halides is 3. The van der Waals surface area contributed by atoms with Crippen molar-refractivity contribution in [1.29, 1.82) is 0 Å². The highest BCUT2D eigenvalue weighted by Gasteiger charge is 2.35. The van der Waals surface area contributed by atoms with Crippen molar-refractivity contribution in [2.75, 3.05) is 12.4 Å². The molecule has 0 aliphatic heterocycles. The van der Waals surface area contributed by atoms with Gasteiger partial charge < -0.3 is 15.8 Å². The summed E-state index contributed by atoms with van der Waals surface area (Å²) in [4.78, 5) is 29.1. The smallest absolute Gasteiger partial charge is 0.433 e. The summed E-state index contributed by atoms with van der Waals surface area (Å²) in [6, 6.07) is 16.3. The van der Waals surface area contributed by atoms with Crippen molar-refractivity contribution in [3.05, 3.63) is 82.5 Å². The third-order valence-electron chi connectivity index (χ3n) is 5.99. The van der Waals surface area contributed by atoms with Gasteiger partial charge in [-0.15, -0.1) is 11.3 Å². The number of benzene rings is 2. The number of methoxy groups -OCH3 is 1. The molecule has 0 spiro atoms. The Kier molecular flexibility index (Phi) is 6.56. The Morgan fingerprint density at radius 3 is 2.31 bits per heavy atom. The molecule has 0 unspecified atom stereocenters. The zero-order valence-corrected chi connectivity index (χ0v) is 21.3. The Bertz CT molecular complexity index is 1710. The van der Waals surface area contributed by atoms with Crippen molar-refractivity contribution in [2.45, 2.75) is 13.1 Å². The quantitative estimate of drug-likeness (QED) is 0.237. The van der Waals surface area contributed by atoms with Crippen LogP contribution in [0.3, 0.4) is 0 Å². The highest BCUT2D eigenvalue weighted by molar-refractivity contribution is 7.21. The van der Waals surface area contributed by atoms with Gasteiger partial charge >= 0.3 is 6.18 Å². The third kappa shape index (κ3) is 5.06. The molecule has 5 aromatic rings. The first-order chi connectivity index (χ1) is 18.5. The van der Waals surface area contributed by atoms with Gasteiger partial charge in [-0.3, -0.25) is 14.7 Å². The van der Waals surface area contributed by atoms with Gasteiger partial charge in [0.1, 0.15) is 26.8 Å². The van der Waals surface area contributed by atoms with E-state index in [2.05, 4.69) is 20.5 Å². The number of H-pyrrole nitrogens is 1. The molecule has 0 radical (unpaired) electrons. The minimum Gasteiger partial charge on any atom is -0.497 e. The molecule has 0 saturated carbocycles. The molecule has 0 aliphatic carbocycles. The molecule has 8 nitrogen and oxygen atoms in total. The molecule has 2 aromatic carbocycles. The van der Waals surface area contributed by atoms with Crippen LogP contribution in [0.2, 0.25) is 0 Å². The zero-order chi connectivity index (χ0) is 27.9. The first-order valence-electron chi connectivity index (χ1n) is 11.5. The number of nitrogens with one attached hydrogen (secondary N) is 2. The van der Waals surface area contributed by atoms with Crippen LogP contribution in [0.4, 0.5) is 18.9 Å². The van der Waals surface area contributed by atoms with Gasteiger partial charge in [0.2, 0.25) is 0 Å². The van der Waals surface area contributed by atoms with Crippen LogP contribution < -0.4 is 15.8 Å². The molecule has 12 heteroatoms. The standard InChI is InChI=1S/C27H20F3N5O3S/c1-13-3-5-14(6-4-13)17-11-20(27(28,29)30)32-26-21(17)22(23(39-26)24(31)36)33-25(37)19-12-18(34-35-19)15-7-9-16(38-2)10-8-15/h3-12H,1-2H3,(H2,31,36)(H,33,37)(H,34,35). The maximum atomic E-state index is 13.7. The van der Waals surface area contributed by atoms with E-state index in [4.69, 9.17) is 10.5 Å². The molecule has 0 bridgehead atoms. The third-order valence-corrected chi connectivity index (χ3v) is 7.08. The number of ether oxygens (including phenoxy) is 1. The average molecular weight is 552 g/mol. The molecule has 3 heterocycles. The number of fused-ring (bicyclic) bond motifs is 1. The fourth-order valence-corrected chi connectivity index (χ4v) is 5.03. The predicted molar refractivity (Wildman–Crippen MR) is 142 cm³/mol. The molecule has 0 saturated heterocycles. The van der Waals surface area contributed by atoms with Crippen molar-refractivity contribution in [2.24, 2.45) is 5.73 Å². The highest BCUT2D eigenvalue weighted by atomic mass is 32.1. The molecule has 39 heavy (non-hydrogen) atoms. The number of thiophene rings is 1. The molecule has 0 atom stereocenters. The van der Waals surface area contributed by atoms with Crippen molar-refractivity contribution < 1.29 is 27.5 Å². The largest absolute Gasteiger partial charge is 0.497 e. The number of amides is 2. The van der Waals surface area contributed by atoms with Gasteiger partial charge in [-0.2, -0.15) is 18.3 Å².